The van der Waals surface area contributed by atoms with Gasteiger partial charge in [0.25, 0.3) is 0 Å². The summed E-state index contributed by atoms with van der Waals surface area (Å²) in [7, 11) is 1.64. The standard InChI is InChI=1S/C12H18BrNO2/c1-4-16-11-6-12(15-3)10(13)5-9(11)8(2)7-14/h5-6,8H,4,7,14H2,1-3H3. The molecule has 16 heavy (non-hydrogen) atoms. The molecular formula is C12H18BrNO2. The molecule has 0 aliphatic heterocycles. The van der Waals surface area contributed by atoms with Gasteiger partial charge < -0.3 is 15.2 Å². The van der Waals surface area contributed by atoms with E-state index in [1.807, 2.05) is 19.1 Å². The van der Waals surface area contributed by atoms with Gasteiger partial charge in [-0.05, 0) is 46.9 Å². The Bertz CT molecular complexity index is 355. The van der Waals surface area contributed by atoms with Crippen LogP contribution in [0.1, 0.15) is 25.3 Å². The van der Waals surface area contributed by atoms with E-state index in [1.165, 1.54) is 0 Å². The SMILES string of the molecule is CCOc1cc(OC)c(Br)cc1C(C)CN. The molecule has 1 rings (SSSR count). The first-order valence-electron chi connectivity index (χ1n) is 5.34. The van der Waals surface area contributed by atoms with Gasteiger partial charge in [0.1, 0.15) is 11.5 Å². The van der Waals surface area contributed by atoms with Crippen molar-refractivity contribution < 1.29 is 9.47 Å². The van der Waals surface area contributed by atoms with Crippen LogP contribution in [0, 0.1) is 0 Å². The van der Waals surface area contributed by atoms with E-state index in [0.717, 1.165) is 21.5 Å². The molecule has 1 aromatic rings. The molecule has 1 unspecified atom stereocenters. The summed E-state index contributed by atoms with van der Waals surface area (Å²) in [6, 6.07) is 3.91. The third-order valence-electron chi connectivity index (χ3n) is 2.47. The number of halogens is 1. The van der Waals surface area contributed by atoms with E-state index < -0.39 is 0 Å². The van der Waals surface area contributed by atoms with Crippen LogP contribution in [0.2, 0.25) is 0 Å². The molecule has 2 N–H and O–H groups in total. The Balaban J connectivity index is 3.18. The predicted molar refractivity (Wildman–Crippen MR) is 69.3 cm³/mol. The minimum absolute atomic E-state index is 0.267. The van der Waals surface area contributed by atoms with Gasteiger partial charge in [0, 0.05) is 6.07 Å². The van der Waals surface area contributed by atoms with E-state index in [4.69, 9.17) is 15.2 Å². The van der Waals surface area contributed by atoms with E-state index in [2.05, 4.69) is 22.9 Å². The largest absolute Gasteiger partial charge is 0.495 e. The molecule has 1 atom stereocenters. The smallest absolute Gasteiger partial charge is 0.136 e. The van der Waals surface area contributed by atoms with E-state index >= 15 is 0 Å². The fourth-order valence-corrected chi connectivity index (χ4v) is 2.02. The Morgan fingerprint density at radius 2 is 2.06 bits per heavy atom. The predicted octanol–water partition coefficient (Wildman–Crippen LogP) is 2.92. The molecule has 0 heterocycles. The molecule has 0 fully saturated rings. The zero-order chi connectivity index (χ0) is 12.1. The summed E-state index contributed by atoms with van der Waals surface area (Å²) >= 11 is 3.47. The highest BCUT2D eigenvalue weighted by atomic mass is 79.9. The van der Waals surface area contributed by atoms with Crippen molar-refractivity contribution in [3.63, 3.8) is 0 Å². The summed E-state index contributed by atoms with van der Waals surface area (Å²) < 4.78 is 11.8. The summed E-state index contributed by atoms with van der Waals surface area (Å²) in [5.74, 6) is 1.89. The number of methoxy groups -OCH3 is 1. The van der Waals surface area contributed by atoms with Gasteiger partial charge in [-0.2, -0.15) is 0 Å². The molecule has 0 radical (unpaired) electrons. The molecule has 3 nitrogen and oxygen atoms in total. The van der Waals surface area contributed by atoms with Gasteiger partial charge in [0.05, 0.1) is 18.2 Å². The first-order valence-corrected chi connectivity index (χ1v) is 6.13. The van der Waals surface area contributed by atoms with Crippen LogP contribution in [0.25, 0.3) is 0 Å². The van der Waals surface area contributed by atoms with Crippen LogP contribution in [0.4, 0.5) is 0 Å². The number of hydrogen-bond donors (Lipinski definition) is 1. The lowest BCUT2D eigenvalue weighted by Gasteiger charge is -2.17. The van der Waals surface area contributed by atoms with Crippen LogP contribution < -0.4 is 15.2 Å². The average Bonchev–Trinajstić information content (AvgIpc) is 2.30. The molecule has 0 bridgehead atoms. The van der Waals surface area contributed by atoms with Crippen LogP contribution in [-0.4, -0.2) is 20.3 Å². The van der Waals surface area contributed by atoms with E-state index in [-0.39, 0.29) is 5.92 Å². The lowest BCUT2D eigenvalue weighted by molar-refractivity contribution is 0.330. The molecule has 0 saturated carbocycles. The topological polar surface area (TPSA) is 44.5 Å². The Labute approximate surface area is 105 Å². The van der Waals surface area contributed by atoms with Crippen molar-refractivity contribution in [1.29, 1.82) is 0 Å². The zero-order valence-corrected chi connectivity index (χ0v) is 11.5. The highest BCUT2D eigenvalue weighted by molar-refractivity contribution is 9.10. The maximum absolute atomic E-state index is 5.69. The molecule has 0 aromatic heterocycles. The zero-order valence-electron chi connectivity index (χ0n) is 9.92. The van der Waals surface area contributed by atoms with Crippen LogP contribution in [0.15, 0.2) is 16.6 Å². The highest BCUT2D eigenvalue weighted by Gasteiger charge is 2.14. The maximum Gasteiger partial charge on any atom is 0.136 e. The number of hydrogen-bond acceptors (Lipinski definition) is 3. The Morgan fingerprint density at radius 1 is 1.38 bits per heavy atom. The Hall–Kier alpha value is -0.740. The van der Waals surface area contributed by atoms with Gasteiger partial charge in [-0.25, -0.2) is 0 Å². The minimum atomic E-state index is 0.267. The quantitative estimate of drug-likeness (QED) is 0.906. The van der Waals surface area contributed by atoms with Gasteiger partial charge in [0.2, 0.25) is 0 Å². The molecule has 0 amide bonds. The molecule has 0 saturated heterocycles. The lowest BCUT2D eigenvalue weighted by atomic mass is 10.00. The molecule has 90 valence electrons. The van der Waals surface area contributed by atoms with E-state index in [9.17, 15) is 0 Å². The number of nitrogens with two attached hydrogens (primary N) is 1. The van der Waals surface area contributed by atoms with Gasteiger partial charge in [0.15, 0.2) is 0 Å². The van der Waals surface area contributed by atoms with Gasteiger partial charge in [-0.3, -0.25) is 0 Å². The van der Waals surface area contributed by atoms with Gasteiger partial charge >= 0.3 is 0 Å². The second kappa shape index (κ2) is 6.11. The summed E-state index contributed by atoms with van der Waals surface area (Å²) in [4.78, 5) is 0. The number of benzene rings is 1. The van der Waals surface area contributed by atoms with E-state index in [1.54, 1.807) is 7.11 Å². The van der Waals surface area contributed by atoms with Crippen LogP contribution >= 0.6 is 15.9 Å². The highest BCUT2D eigenvalue weighted by Crippen LogP contribution is 2.36. The fraction of sp³-hybridized carbons (Fsp3) is 0.500. The van der Waals surface area contributed by atoms with Crippen LogP contribution in [0.5, 0.6) is 11.5 Å². The first-order chi connectivity index (χ1) is 7.63. The molecule has 0 aliphatic rings. The first kappa shape index (κ1) is 13.3. The van der Waals surface area contributed by atoms with Gasteiger partial charge in [-0.1, -0.05) is 6.92 Å². The maximum atomic E-state index is 5.69. The summed E-state index contributed by atoms with van der Waals surface area (Å²) in [5, 5.41) is 0. The lowest BCUT2D eigenvalue weighted by Crippen LogP contribution is -2.11. The number of rotatable bonds is 5. The summed E-state index contributed by atoms with van der Waals surface area (Å²) in [6.45, 7) is 5.27. The molecule has 1 aromatic carbocycles. The fourth-order valence-electron chi connectivity index (χ4n) is 1.50. The third kappa shape index (κ3) is 2.89. The van der Waals surface area contributed by atoms with Crippen molar-refractivity contribution in [2.24, 2.45) is 5.73 Å². The van der Waals surface area contributed by atoms with E-state index in [0.29, 0.717) is 13.2 Å². The van der Waals surface area contributed by atoms with Crippen molar-refractivity contribution in [3.8, 4) is 11.5 Å². The normalized spacial score (nSPS) is 12.3. The average molecular weight is 288 g/mol. The monoisotopic (exact) mass is 287 g/mol. The van der Waals surface area contributed by atoms with Crippen molar-refractivity contribution in [1.82, 2.24) is 0 Å². The third-order valence-corrected chi connectivity index (χ3v) is 3.09. The molecular weight excluding hydrogens is 270 g/mol. The van der Waals surface area contributed by atoms with Crippen molar-refractivity contribution in [2.45, 2.75) is 19.8 Å². The second-order valence-corrected chi connectivity index (χ2v) is 4.45. The van der Waals surface area contributed by atoms with Crippen molar-refractivity contribution in [3.05, 3.63) is 22.2 Å². The van der Waals surface area contributed by atoms with Crippen molar-refractivity contribution >= 4 is 15.9 Å². The van der Waals surface area contributed by atoms with Crippen LogP contribution in [-0.2, 0) is 0 Å². The molecule has 0 aliphatic carbocycles. The van der Waals surface area contributed by atoms with Gasteiger partial charge in [-0.15, -0.1) is 0 Å². The summed E-state index contributed by atoms with van der Waals surface area (Å²) in [6.07, 6.45) is 0. The molecule has 4 heteroatoms. The Kier molecular flexibility index (Phi) is 5.09. The van der Waals surface area contributed by atoms with Crippen LogP contribution in [0.3, 0.4) is 0 Å². The second-order valence-electron chi connectivity index (χ2n) is 3.59. The molecule has 0 spiro atoms. The Morgan fingerprint density at radius 3 is 2.56 bits per heavy atom. The summed E-state index contributed by atoms with van der Waals surface area (Å²) in [5.41, 5.74) is 6.80. The van der Waals surface area contributed by atoms with Crippen molar-refractivity contribution in [2.75, 3.05) is 20.3 Å². The number of ether oxygens (including phenoxy) is 2. The minimum Gasteiger partial charge on any atom is -0.495 e.